The molecule has 1 aromatic carbocycles. The number of rotatable bonds is 4. The van der Waals surface area contributed by atoms with E-state index < -0.39 is 5.82 Å². The topological polar surface area (TPSA) is 35.8 Å². The Morgan fingerprint density at radius 3 is 2.95 bits per heavy atom. The van der Waals surface area contributed by atoms with E-state index in [1.54, 1.807) is 12.1 Å². The van der Waals surface area contributed by atoms with Gasteiger partial charge in [-0.25, -0.2) is 4.39 Å². The zero-order valence-electron chi connectivity index (χ0n) is 11.1. The highest BCUT2D eigenvalue weighted by Crippen LogP contribution is 2.30. The summed E-state index contributed by atoms with van der Waals surface area (Å²) in [4.78, 5) is 2.90. The summed E-state index contributed by atoms with van der Waals surface area (Å²) in [5.74, 6) is -0.453. The van der Waals surface area contributed by atoms with Crippen LogP contribution in [-0.2, 0) is 25.9 Å². The molecule has 0 atom stereocenters. The number of halogens is 1. The quantitative estimate of drug-likeness (QED) is 0.933. The minimum Gasteiger partial charge on any atom is -0.308 e. The lowest BCUT2D eigenvalue weighted by Crippen LogP contribution is -2.12. The van der Waals surface area contributed by atoms with Gasteiger partial charge < -0.3 is 5.32 Å². The molecule has 0 saturated carbocycles. The van der Waals surface area contributed by atoms with Gasteiger partial charge in [-0.1, -0.05) is 6.07 Å². The van der Waals surface area contributed by atoms with Crippen molar-refractivity contribution >= 4 is 11.3 Å². The molecular formula is C16H15FN2S. The average Bonchev–Trinajstić information content (AvgIpc) is 3.01. The molecular weight excluding hydrogens is 271 g/mol. The molecule has 102 valence electrons. The fourth-order valence-corrected chi connectivity index (χ4v) is 3.81. The molecule has 1 N–H and O–H groups in total. The predicted octanol–water partition coefficient (Wildman–Crippen LogP) is 3.54. The van der Waals surface area contributed by atoms with Gasteiger partial charge >= 0.3 is 0 Å². The average molecular weight is 286 g/mol. The number of thiophene rings is 1. The minimum atomic E-state index is -0.453. The first kappa shape index (κ1) is 13.3. The normalized spacial score (nSPS) is 13.2. The second-order valence-electron chi connectivity index (χ2n) is 5.04. The highest BCUT2D eigenvalue weighted by atomic mass is 32.1. The maximum atomic E-state index is 13.2. The van der Waals surface area contributed by atoms with E-state index in [1.165, 1.54) is 40.6 Å². The third-order valence-electron chi connectivity index (χ3n) is 3.58. The Morgan fingerprint density at radius 1 is 1.25 bits per heavy atom. The zero-order chi connectivity index (χ0) is 13.9. The Kier molecular flexibility index (Phi) is 3.81. The van der Waals surface area contributed by atoms with E-state index in [9.17, 15) is 4.39 Å². The fourth-order valence-electron chi connectivity index (χ4n) is 2.58. The molecule has 0 amide bonds. The molecule has 2 aromatic rings. The molecule has 0 saturated heterocycles. The van der Waals surface area contributed by atoms with Crippen LogP contribution in [-0.4, -0.2) is 0 Å². The molecule has 2 nitrogen and oxygen atoms in total. The summed E-state index contributed by atoms with van der Waals surface area (Å²) in [6.45, 7) is 1.48. The van der Waals surface area contributed by atoms with Crippen LogP contribution in [0.15, 0.2) is 24.3 Å². The second kappa shape index (κ2) is 5.74. The van der Waals surface area contributed by atoms with Crippen molar-refractivity contribution in [2.75, 3.05) is 0 Å². The summed E-state index contributed by atoms with van der Waals surface area (Å²) in [5, 5.41) is 12.2. The SMILES string of the molecule is N#Cc1cc(CNCc2cc3c(s2)CCC3)ccc1F. The van der Waals surface area contributed by atoms with E-state index in [2.05, 4.69) is 11.4 Å². The van der Waals surface area contributed by atoms with Crippen molar-refractivity contribution in [3.63, 3.8) is 0 Å². The largest absolute Gasteiger partial charge is 0.308 e. The third kappa shape index (κ3) is 2.74. The van der Waals surface area contributed by atoms with Gasteiger partial charge in [-0.2, -0.15) is 5.26 Å². The van der Waals surface area contributed by atoms with E-state index >= 15 is 0 Å². The van der Waals surface area contributed by atoms with E-state index in [0.717, 1.165) is 12.1 Å². The Morgan fingerprint density at radius 2 is 2.15 bits per heavy atom. The van der Waals surface area contributed by atoms with Crippen molar-refractivity contribution in [1.82, 2.24) is 5.32 Å². The Bertz CT molecular complexity index is 648. The van der Waals surface area contributed by atoms with Gasteiger partial charge in [0.15, 0.2) is 0 Å². The van der Waals surface area contributed by atoms with Gasteiger partial charge in [-0.05, 0) is 48.6 Å². The lowest BCUT2D eigenvalue weighted by molar-refractivity contribution is 0.621. The summed E-state index contributed by atoms with van der Waals surface area (Å²) in [7, 11) is 0. The maximum absolute atomic E-state index is 13.2. The van der Waals surface area contributed by atoms with Crippen molar-refractivity contribution in [2.24, 2.45) is 0 Å². The Balaban J connectivity index is 1.58. The van der Waals surface area contributed by atoms with Crippen molar-refractivity contribution in [3.05, 3.63) is 56.5 Å². The van der Waals surface area contributed by atoms with Crippen molar-refractivity contribution in [3.8, 4) is 6.07 Å². The van der Waals surface area contributed by atoms with Gasteiger partial charge in [0.25, 0.3) is 0 Å². The number of fused-ring (bicyclic) bond motifs is 1. The molecule has 0 fully saturated rings. The van der Waals surface area contributed by atoms with Crippen molar-refractivity contribution in [2.45, 2.75) is 32.4 Å². The van der Waals surface area contributed by atoms with E-state index in [1.807, 2.05) is 17.4 Å². The Hall–Kier alpha value is -1.70. The molecule has 1 heterocycles. The van der Waals surface area contributed by atoms with Gasteiger partial charge in [0.1, 0.15) is 11.9 Å². The number of aryl methyl sites for hydroxylation is 2. The lowest BCUT2D eigenvalue weighted by Gasteiger charge is -2.04. The van der Waals surface area contributed by atoms with Gasteiger partial charge in [-0.3, -0.25) is 0 Å². The lowest BCUT2D eigenvalue weighted by atomic mass is 10.1. The van der Waals surface area contributed by atoms with E-state index in [-0.39, 0.29) is 5.56 Å². The first-order chi connectivity index (χ1) is 9.76. The van der Waals surface area contributed by atoms with Crippen LogP contribution in [0.5, 0.6) is 0 Å². The molecule has 1 aromatic heterocycles. The highest BCUT2D eigenvalue weighted by molar-refractivity contribution is 7.12. The standard InChI is InChI=1S/C16H15FN2S/c17-15-5-4-11(6-13(15)8-18)9-19-10-14-7-12-2-1-3-16(12)20-14/h4-7,19H,1-3,9-10H2. The molecule has 0 spiro atoms. The van der Waals surface area contributed by atoms with Crippen LogP contribution in [0.3, 0.4) is 0 Å². The second-order valence-corrected chi connectivity index (χ2v) is 6.27. The molecule has 0 radical (unpaired) electrons. The highest BCUT2D eigenvalue weighted by Gasteiger charge is 2.14. The summed E-state index contributed by atoms with van der Waals surface area (Å²) in [5.41, 5.74) is 2.56. The number of nitrogens with one attached hydrogen (secondary N) is 1. The molecule has 1 aliphatic rings. The van der Waals surface area contributed by atoms with Crippen LogP contribution in [0.25, 0.3) is 0 Å². The number of hydrogen-bond donors (Lipinski definition) is 1. The van der Waals surface area contributed by atoms with Crippen molar-refractivity contribution in [1.29, 1.82) is 5.26 Å². The first-order valence-electron chi connectivity index (χ1n) is 6.76. The van der Waals surface area contributed by atoms with E-state index in [4.69, 9.17) is 5.26 Å². The van der Waals surface area contributed by atoms with Gasteiger partial charge in [0.2, 0.25) is 0 Å². The molecule has 1 aliphatic carbocycles. The number of nitriles is 1. The monoisotopic (exact) mass is 286 g/mol. The van der Waals surface area contributed by atoms with E-state index in [0.29, 0.717) is 6.54 Å². The van der Waals surface area contributed by atoms with Gasteiger partial charge in [0.05, 0.1) is 5.56 Å². The number of benzene rings is 1. The number of hydrogen-bond acceptors (Lipinski definition) is 3. The first-order valence-corrected chi connectivity index (χ1v) is 7.57. The van der Waals surface area contributed by atoms with Crippen LogP contribution in [0.2, 0.25) is 0 Å². The van der Waals surface area contributed by atoms with Crippen LogP contribution in [0, 0.1) is 17.1 Å². The van der Waals surface area contributed by atoms with Crippen LogP contribution in [0.1, 0.15) is 32.9 Å². The summed E-state index contributed by atoms with van der Waals surface area (Å²) >= 11 is 1.89. The van der Waals surface area contributed by atoms with Crippen LogP contribution >= 0.6 is 11.3 Å². The molecule has 20 heavy (non-hydrogen) atoms. The number of nitrogens with zero attached hydrogens (tertiary/aromatic N) is 1. The Labute approximate surface area is 121 Å². The predicted molar refractivity (Wildman–Crippen MR) is 78.0 cm³/mol. The van der Waals surface area contributed by atoms with Gasteiger partial charge in [0, 0.05) is 22.8 Å². The van der Waals surface area contributed by atoms with Gasteiger partial charge in [-0.15, -0.1) is 11.3 Å². The van der Waals surface area contributed by atoms with Crippen LogP contribution < -0.4 is 5.32 Å². The summed E-state index contributed by atoms with van der Waals surface area (Å²) in [6.07, 6.45) is 3.74. The molecule has 0 aliphatic heterocycles. The van der Waals surface area contributed by atoms with Crippen LogP contribution in [0.4, 0.5) is 4.39 Å². The minimum absolute atomic E-state index is 0.111. The summed E-state index contributed by atoms with van der Waals surface area (Å²) in [6, 6.07) is 8.85. The third-order valence-corrected chi connectivity index (χ3v) is 4.81. The fraction of sp³-hybridized carbons (Fsp3) is 0.312. The molecule has 4 heteroatoms. The smallest absolute Gasteiger partial charge is 0.140 e. The molecule has 0 bridgehead atoms. The molecule has 3 rings (SSSR count). The van der Waals surface area contributed by atoms with Crippen molar-refractivity contribution < 1.29 is 4.39 Å². The summed E-state index contributed by atoms with van der Waals surface area (Å²) < 4.78 is 13.2. The molecule has 0 unspecified atom stereocenters. The maximum Gasteiger partial charge on any atom is 0.140 e. The zero-order valence-corrected chi connectivity index (χ0v) is 11.9.